The molecule has 1 atom stereocenters. The van der Waals surface area contributed by atoms with Crippen LogP contribution in [0.25, 0.3) is 0 Å². The highest BCUT2D eigenvalue weighted by molar-refractivity contribution is 7.37. The van der Waals surface area contributed by atoms with E-state index in [4.69, 9.17) is 0 Å². The van der Waals surface area contributed by atoms with E-state index in [1.54, 1.807) is 0 Å². The summed E-state index contributed by atoms with van der Waals surface area (Å²) in [5.74, 6) is 0. The number of rotatable bonds is 1. The highest BCUT2D eigenvalue weighted by Gasteiger charge is 2.06. The molecule has 0 radical (unpaired) electrons. The Labute approximate surface area is 98.4 Å². The molecule has 0 aromatic rings. The van der Waals surface area contributed by atoms with Crippen molar-refractivity contribution in [2.45, 2.75) is 82.7 Å². The highest BCUT2D eigenvalue weighted by atomic mass is 31.1. The predicted molar refractivity (Wildman–Crippen MR) is 73.4 cm³/mol. The van der Waals surface area contributed by atoms with Crippen molar-refractivity contribution >= 4 is 8.58 Å². The van der Waals surface area contributed by atoms with E-state index < -0.39 is 0 Å². The van der Waals surface area contributed by atoms with Crippen LogP contribution in [0.1, 0.15) is 77.0 Å². The van der Waals surface area contributed by atoms with Crippen molar-refractivity contribution in [1.82, 2.24) is 0 Å². The predicted octanol–water partition coefficient (Wildman–Crippen LogP) is 5.36. The van der Waals surface area contributed by atoms with Crippen molar-refractivity contribution in [2.24, 2.45) is 0 Å². The van der Waals surface area contributed by atoms with E-state index in [-0.39, 0.29) is 0 Å². The molecule has 1 unspecified atom stereocenters. The van der Waals surface area contributed by atoms with Gasteiger partial charge in [-0.15, -0.1) is 8.58 Å². The Hall–Kier alpha value is 0.430. The average Bonchev–Trinajstić information content (AvgIpc) is 2.29. The fourth-order valence-electron chi connectivity index (χ4n) is 2.63. The van der Waals surface area contributed by atoms with E-state index in [9.17, 15) is 0 Å². The normalized spacial score (nSPS) is 24.6. The summed E-state index contributed by atoms with van der Waals surface area (Å²) in [6, 6.07) is 0. The minimum Gasteiger partial charge on any atom is -0.122 e. The number of hydrogen-bond acceptors (Lipinski definition) is 0. The monoisotopic (exact) mass is 228 g/mol. The zero-order chi connectivity index (χ0) is 10.8. The lowest BCUT2D eigenvalue weighted by molar-refractivity contribution is 0.562. The van der Waals surface area contributed by atoms with E-state index in [0.29, 0.717) is 0 Å². The van der Waals surface area contributed by atoms with Gasteiger partial charge in [-0.25, -0.2) is 0 Å². The maximum Gasteiger partial charge on any atom is -0.0239 e. The third-order valence-corrected chi connectivity index (χ3v) is 5.16. The van der Waals surface area contributed by atoms with Crippen molar-refractivity contribution in [3.63, 3.8) is 0 Å². The van der Waals surface area contributed by atoms with Crippen LogP contribution in [0.15, 0.2) is 0 Å². The summed E-state index contributed by atoms with van der Waals surface area (Å²) in [6.45, 7) is 2.41. The van der Waals surface area contributed by atoms with E-state index in [1.165, 1.54) is 85.6 Å². The fourth-order valence-corrected chi connectivity index (χ4v) is 3.61. The molecule has 0 aromatic carbocycles. The molecule has 0 nitrogen and oxygen atoms in total. The first kappa shape index (κ1) is 13.5. The Morgan fingerprint density at radius 3 is 1.27 bits per heavy atom. The molecule has 0 bridgehead atoms. The summed E-state index contributed by atoms with van der Waals surface area (Å²) in [6.07, 6.45) is 18.1. The second-order valence-corrected chi connectivity index (χ2v) is 6.49. The lowest BCUT2D eigenvalue weighted by atomic mass is 10.1. The SMILES string of the molecule is CPC1CCCCCCCCCCCC1. The zero-order valence-electron chi connectivity index (χ0n) is 10.6. The van der Waals surface area contributed by atoms with Gasteiger partial charge >= 0.3 is 0 Å². The highest BCUT2D eigenvalue weighted by Crippen LogP contribution is 2.27. The minimum atomic E-state index is 1.07. The summed E-state index contributed by atoms with van der Waals surface area (Å²) in [7, 11) is 1.19. The quantitative estimate of drug-likeness (QED) is 0.530. The summed E-state index contributed by atoms with van der Waals surface area (Å²) in [5.41, 5.74) is 1.07. The molecule has 15 heavy (non-hydrogen) atoms. The first-order chi connectivity index (χ1) is 7.43. The van der Waals surface area contributed by atoms with E-state index in [1.807, 2.05) is 0 Å². The zero-order valence-corrected chi connectivity index (χ0v) is 11.6. The number of hydrogen-bond donors (Lipinski definition) is 0. The Morgan fingerprint density at radius 2 is 0.933 bits per heavy atom. The van der Waals surface area contributed by atoms with Gasteiger partial charge in [-0.3, -0.25) is 0 Å². The lowest BCUT2D eigenvalue weighted by Gasteiger charge is -2.14. The van der Waals surface area contributed by atoms with Crippen LogP contribution in [0.4, 0.5) is 0 Å². The van der Waals surface area contributed by atoms with Gasteiger partial charge in [-0.05, 0) is 25.2 Å². The van der Waals surface area contributed by atoms with Crippen LogP contribution in [-0.4, -0.2) is 12.3 Å². The molecular weight excluding hydrogens is 199 g/mol. The van der Waals surface area contributed by atoms with Crippen LogP contribution < -0.4 is 0 Å². The Balaban J connectivity index is 2.17. The van der Waals surface area contributed by atoms with E-state index in [2.05, 4.69) is 6.66 Å². The molecule has 1 fully saturated rings. The maximum absolute atomic E-state index is 2.41. The van der Waals surface area contributed by atoms with Crippen LogP contribution in [0, 0.1) is 0 Å². The Morgan fingerprint density at radius 1 is 0.600 bits per heavy atom. The van der Waals surface area contributed by atoms with E-state index in [0.717, 1.165) is 5.66 Å². The van der Waals surface area contributed by atoms with Crippen molar-refractivity contribution in [2.75, 3.05) is 6.66 Å². The topological polar surface area (TPSA) is 0 Å². The van der Waals surface area contributed by atoms with Crippen LogP contribution in [-0.2, 0) is 0 Å². The Bertz CT molecular complexity index is 119. The molecule has 1 saturated carbocycles. The molecule has 1 aliphatic carbocycles. The second kappa shape index (κ2) is 9.64. The average molecular weight is 228 g/mol. The molecule has 1 heteroatoms. The molecule has 0 spiro atoms. The van der Waals surface area contributed by atoms with Gasteiger partial charge in [0.25, 0.3) is 0 Å². The molecule has 0 N–H and O–H groups in total. The second-order valence-electron chi connectivity index (χ2n) is 5.10. The molecule has 1 rings (SSSR count). The van der Waals surface area contributed by atoms with Crippen molar-refractivity contribution in [3.8, 4) is 0 Å². The van der Waals surface area contributed by atoms with E-state index >= 15 is 0 Å². The first-order valence-electron chi connectivity index (χ1n) is 7.11. The van der Waals surface area contributed by atoms with Gasteiger partial charge in [0, 0.05) is 0 Å². The van der Waals surface area contributed by atoms with Crippen LogP contribution in [0.3, 0.4) is 0 Å². The molecule has 0 heterocycles. The van der Waals surface area contributed by atoms with Crippen LogP contribution in [0.5, 0.6) is 0 Å². The third-order valence-electron chi connectivity index (χ3n) is 3.76. The molecule has 0 aromatic heterocycles. The van der Waals surface area contributed by atoms with Gasteiger partial charge in [-0.1, -0.05) is 64.2 Å². The van der Waals surface area contributed by atoms with Gasteiger partial charge in [-0.2, -0.15) is 0 Å². The fraction of sp³-hybridized carbons (Fsp3) is 1.00. The Kier molecular flexibility index (Phi) is 8.67. The van der Waals surface area contributed by atoms with Crippen molar-refractivity contribution in [3.05, 3.63) is 0 Å². The van der Waals surface area contributed by atoms with Crippen molar-refractivity contribution in [1.29, 1.82) is 0 Å². The summed E-state index contributed by atoms with van der Waals surface area (Å²) in [4.78, 5) is 0. The summed E-state index contributed by atoms with van der Waals surface area (Å²) in [5, 5.41) is 0. The molecular formula is C14H29P. The van der Waals surface area contributed by atoms with Gasteiger partial charge in [0.05, 0.1) is 0 Å². The van der Waals surface area contributed by atoms with Crippen LogP contribution >= 0.6 is 8.58 Å². The molecule has 0 aliphatic heterocycles. The third kappa shape index (κ3) is 7.34. The van der Waals surface area contributed by atoms with Crippen LogP contribution in [0.2, 0.25) is 0 Å². The summed E-state index contributed by atoms with van der Waals surface area (Å²) >= 11 is 0. The summed E-state index contributed by atoms with van der Waals surface area (Å²) < 4.78 is 0. The maximum atomic E-state index is 2.41. The van der Waals surface area contributed by atoms with Gasteiger partial charge in [0.2, 0.25) is 0 Å². The van der Waals surface area contributed by atoms with Crippen molar-refractivity contribution < 1.29 is 0 Å². The first-order valence-corrected chi connectivity index (χ1v) is 8.68. The molecule has 0 saturated heterocycles. The molecule has 0 amide bonds. The van der Waals surface area contributed by atoms with Gasteiger partial charge in [0.1, 0.15) is 0 Å². The van der Waals surface area contributed by atoms with Gasteiger partial charge in [0.15, 0.2) is 0 Å². The smallest absolute Gasteiger partial charge is 0.0239 e. The lowest BCUT2D eigenvalue weighted by Crippen LogP contribution is -2.00. The largest absolute Gasteiger partial charge is 0.122 e. The molecule has 90 valence electrons. The standard InChI is InChI=1S/C14H29P/c1-15-14-12-10-8-6-4-2-3-5-7-9-11-13-14/h14-15H,2-13H2,1H3. The minimum absolute atomic E-state index is 1.07. The molecule has 1 aliphatic rings. The van der Waals surface area contributed by atoms with Gasteiger partial charge < -0.3 is 0 Å².